The molecule has 8 nitrogen and oxygen atoms in total. The molecule has 166 valence electrons. The van der Waals surface area contributed by atoms with Gasteiger partial charge in [0.25, 0.3) is 0 Å². The Morgan fingerprint density at radius 1 is 1.26 bits per heavy atom. The zero-order valence-electron chi connectivity index (χ0n) is 17.7. The predicted molar refractivity (Wildman–Crippen MR) is 114 cm³/mol. The van der Waals surface area contributed by atoms with Crippen LogP contribution in [0, 0.1) is 17.3 Å². The minimum atomic E-state index is -1.02. The number of benzene rings is 1. The average Bonchev–Trinajstić information content (AvgIpc) is 3.47. The number of carboxylic acids is 1. The molecule has 1 saturated heterocycles. The highest BCUT2D eigenvalue weighted by Gasteiger charge is 2.62. The number of methoxy groups -OCH3 is 1. The fourth-order valence-electron chi connectivity index (χ4n) is 5.25. The summed E-state index contributed by atoms with van der Waals surface area (Å²) in [6, 6.07) is 9.24. The second-order valence-electron chi connectivity index (χ2n) is 8.92. The molecule has 1 aromatic carbocycles. The van der Waals surface area contributed by atoms with Gasteiger partial charge in [-0.25, -0.2) is 0 Å². The van der Waals surface area contributed by atoms with Crippen LogP contribution >= 0.6 is 0 Å². The van der Waals surface area contributed by atoms with Gasteiger partial charge in [-0.3, -0.25) is 14.4 Å². The summed E-state index contributed by atoms with van der Waals surface area (Å²) in [6.45, 7) is 1.79. The van der Waals surface area contributed by atoms with E-state index in [0.29, 0.717) is 45.5 Å². The van der Waals surface area contributed by atoms with Crippen LogP contribution in [0.2, 0.25) is 0 Å². The Morgan fingerprint density at radius 3 is 2.61 bits per heavy atom. The van der Waals surface area contributed by atoms with Crippen LogP contribution in [0.15, 0.2) is 35.9 Å². The van der Waals surface area contributed by atoms with E-state index >= 15 is 0 Å². The number of piperidine rings is 1. The number of hydrogen-bond donors (Lipinski definition) is 3. The van der Waals surface area contributed by atoms with Crippen molar-refractivity contribution in [2.45, 2.75) is 25.3 Å². The largest absolute Gasteiger partial charge is 0.481 e. The van der Waals surface area contributed by atoms with E-state index in [2.05, 4.69) is 17.4 Å². The predicted octanol–water partition coefficient (Wildman–Crippen LogP) is 0.873. The molecule has 2 heterocycles. The monoisotopic (exact) mass is 427 g/mol. The maximum atomic E-state index is 13.4. The number of nitrogens with zero attached hydrogens (tertiary/aromatic N) is 1. The molecule has 4 rings (SSSR count). The first kappa shape index (κ1) is 21.5. The third kappa shape index (κ3) is 4.09. The Hall–Kier alpha value is -2.71. The van der Waals surface area contributed by atoms with Gasteiger partial charge < -0.3 is 25.8 Å². The van der Waals surface area contributed by atoms with E-state index in [1.165, 1.54) is 5.57 Å². The van der Waals surface area contributed by atoms with E-state index < -0.39 is 29.3 Å². The number of ether oxygens (including phenoxy) is 1. The number of carboxylic acid groups (broad SMARTS) is 1. The summed E-state index contributed by atoms with van der Waals surface area (Å²) in [6.07, 6.45) is 1.57. The van der Waals surface area contributed by atoms with Crippen LogP contribution in [0.5, 0.6) is 0 Å². The summed E-state index contributed by atoms with van der Waals surface area (Å²) in [7, 11) is 1.63. The number of rotatable bonds is 6. The topological polar surface area (TPSA) is 122 Å². The molecular weight excluding hydrogens is 398 g/mol. The molecule has 2 aliphatic heterocycles. The lowest BCUT2D eigenvalue weighted by Gasteiger charge is -2.39. The van der Waals surface area contributed by atoms with Gasteiger partial charge in [0.05, 0.1) is 12.5 Å². The summed E-state index contributed by atoms with van der Waals surface area (Å²) in [4.78, 5) is 38.6. The van der Waals surface area contributed by atoms with Gasteiger partial charge in [0.1, 0.15) is 6.04 Å². The maximum Gasteiger partial charge on any atom is 0.308 e. The normalized spacial score (nSPS) is 30.4. The van der Waals surface area contributed by atoms with Crippen LogP contribution in [-0.4, -0.2) is 67.2 Å². The van der Waals surface area contributed by atoms with Crippen LogP contribution in [0.4, 0.5) is 0 Å². The molecule has 4 atom stereocenters. The van der Waals surface area contributed by atoms with Gasteiger partial charge in [0, 0.05) is 32.7 Å². The molecule has 1 aromatic rings. The van der Waals surface area contributed by atoms with E-state index in [1.54, 1.807) is 12.0 Å². The van der Waals surface area contributed by atoms with Gasteiger partial charge in [-0.1, -0.05) is 30.3 Å². The Morgan fingerprint density at radius 2 is 2.00 bits per heavy atom. The lowest BCUT2D eigenvalue weighted by Crippen LogP contribution is -2.58. The number of hydrogen-bond acceptors (Lipinski definition) is 5. The highest BCUT2D eigenvalue weighted by molar-refractivity contribution is 5.89. The molecule has 0 radical (unpaired) electrons. The molecule has 1 spiro atoms. The third-order valence-electron chi connectivity index (χ3n) is 7.01. The van der Waals surface area contributed by atoms with Crippen LogP contribution in [0.3, 0.4) is 0 Å². The van der Waals surface area contributed by atoms with Gasteiger partial charge in [-0.2, -0.15) is 0 Å². The number of nitrogens with two attached hydrogens (primary N) is 1. The maximum absolute atomic E-state index is 13.4. The van der Waals surface area contributed by atoms with Crippen LogP contribution in [-0.2, 0) is 19.1 Å². The molecule has 4 N–H and O–H groups in total. The Bertz CT molecular complexity index is 915. The molecule has 31 heavy (non-hydrogen) atoms. The summed E-state index contributed by atoms with van der Waals surface area (Å²) < 4.78 is 5.39. The summed E-state index contributed by atoms with van der Waals surface area (Å²) in [5.41, 5.74) is 8.34. The summed E-state index contributed by atoms with van der Waals surface area (Å²) in [5, 5.41) is 13.0. The first-order valence-electron chi connectivity index (χ1n) is 10.7. The molecule has 4 unspecified atom stereocenters. The van der Waals surface area contributed by atoms with Gasteiger partial charge in [-0.05, 0) is 41.4 Å². The molecule has 0 bridgehead atoms. The fourth-order valence-corrected chi connectivity index (χ4v) is 5.25. The second kappa shape index (κ2) is 8.43. The van der Waals surface area contributed by atoms with E-state index in [4.69, 9.17) is 10.5 Å². The molecule has 3 aliphatic rings. The first-order valence-corrected chi connectivity index (χ1v) is 10.7. The van der Waals surface area contributed by atoms with Crippen molar-refractivity contribution in [3.05, 3.63) is 41.5 Å². The third-order valence-corrected chi connectivity index (χ3v) is 7.01. The highest BCUT2D eigenvalue weighted by Crippen LogP contribution is 2.58. The summed E-state index contributed by atoms with van der Waals surface area (Å²) in [5.74, 6) is -2.81. The van der Waals surface area contributed by atoms with Crippen LogP contribution in [0.25, 0.3) is 5.57 Å². The van der Waals surface area contributed by atoms with Crippen molar-refractivity contribution >= 4 is 23.4 Å². The number of aliphatic carboxylic acids is 1. The molecule has 1 aliphatic carbocycles. The average molecular weight is 428 g/mol. The zero-order valence-corrected chi connectivity index (χ0v) is 17.7. The quantitative estimate of drug-likeness (QED) is 0.619. The SMILES string of the molecule is COCC1=C(c2ccccc2)CCN(C(=O)C2NCC3(CC2C(=O)O)CC3C(N)=O)C1. The van der Waals surface area contributed by atoms with E-state index in [1.807, 2.05) is 18.2 Å². The van der Waals surface area contributed by atoms with Crippen LogP contribution < -0.4 is 11.1 Å². The smallest absolute Gasteiger partial charge is 0.308 e. The zero-order chi connectivity index (χ0) is 22.2. The molecular formula is C23H29N3O5. The second-order valence-corrected chi connectivity index (χ2v) is 8.92. The minimum absolute atomic E-state index is 0.209. The standard InChI is InChI=1S/C23H29N3O5/c1-31-12-15-11-26(8-7-16(15)14-5-3-2-4-6-14)21(28)19-17(22(29)30)9-23(13-25-19)10-18(23)20(24)27/h2-6,17-19,25H,7-13H2,1H3,(H2,24,27)(H,29,30). The number of amides is 2. The lowest BCUT2D eigenvalue weighted by atomic mass is 9.80. The van der Waals surface area contributed by atoms with Gasteiger partial charge >= 0.3 is 5.97 Å². The molecule has 1 saturated carbocycles. The van der Waals surface area contributed by atoms with E-state index in [0.717, 1.165) is 11.1 Å². The van der Waals surface area contributed by atoms with Crippen molar-refractivity contribution in [1.82, 2.24) is 10.2 Å². The number of carbonyl (C=O) groups is 3. The molecule has 0 aromatic heterocycles. The van der Waals surface area contributed by atoms with Crippen molar-refractivity contribution in [2.24, 2.45) is 23.0 Å². The van der Waals surface area contributed by atoms with Crippen molar-refractivity contribution in [2.75, 3.05) is 33.4 Å². The van der Waals surface area contributed by atoms with Gasteiger partial charge in [-0.15, -0.1) is 0 Å². The fraction of sp³-hybridized carbons (Fsp3) is 0.522. The number of primary amides is 1. The lowest BCUT2D eigenvalue weighted by molar-refractivity contribution is -0.150. The first-order chi connectivity index (χ1) is 14.9. The van der Waals surface area contributed by atoms with E-state index in [9.17, 15) is 19.5 Å². The number of carbonyl (C=O) groups excluding carboxylic acids is 2. The van der Waals surface area contributed by atoms with Crippen molar-refractivity contribution in [3.63, 3.8) is 0 Å². The van der Waals surface area contributed by atoms with E-state index in [-0.39, 0.29) is 11.8 Å². The molecule has 2 fully saturated rings. The van der Waals surface area contributed by atoms with Crippen LogP contribution in [0.1, 0.15) is 24.8 Å². The molecule has 8 heteroatoms. The van der Waals surface area contributed by atoms with Gasteiger partial charge in [0.2, 0.25) is 11.8 Å². The van der Waals surface area contributed by atoms with Gasteiger partial charge in [0.15, 0.2) is 0 Å². The Kier molecular flexibility index (Phi) is 5.85. The minimum Gasteiger partial charge on any atom is -0.481 e. The Balaban J connectivity index is 1.51. The summed E-state index contributed by atoms with van der Waals surface area (Å²) >= 11 is 0. The number of nitrogens with one attached hydrogen (secondary N) is 1. The Labute approximate surface area is 181 Å². The van der Waals surface area contributed by atoms with Crippen molar-refractivity contribution in [3.8, 4) is 0 Å². The highest BCUT2D eigenvalue weighted by atomic mass is 16.5. The molecule has 2 amide bonds. The van der Waals surface area contributed by atoms with Crippen molar-refractivity contribution in [1.29, 1.82) is 0 Å². The van der Waals surface area contributed by atoms with Crippen molar-refractivity contribution < 1.29 is 24.2 Å².